The molecule has 2 aliphatic rings. The number of thioether (sulfide) groups is 1. The summed E-state index contributed by atoms with van der Waals surface area (Å²) >= 11 is 0.859. The normalized spacial score (nSPS) is 21.1. The van der Waals surface area contributed by atoms with Gasteiger partial charge >= 0.3 is 6.09 Å². The Labute approximate surface area is 213 Å². The Balaban J connectivity index is 1.49. The van der Waals surface area contributed by atoms with E-state index in [1.54, 1.807) is 37.3 Å². The van der Waals surface area contributed by atoms with Gasteiger partial charge in [0.25, 0.3) is 11.1 Å². The molecule has 1 atom stereocenters. The lowest BCUT2D eigenvalue weighted by Gasteiger charge is -2.46. The molecule has 11 heteroatoms. The van der Waals surface area contributed by atoms with E-state index in [1.807, 2.05) is 20.8 Å². The average molecular weight is 513 g/mol. The van der Waals surface area contributed by atoms with Gasteiger partial charge in [0.05, 0.1) is 16.0 Å². The molecule has 0 radical (unpaired) electrons. The third kappa shape index (κ3) is 5.01. The van der Waals surface area contributed by atoms with Crippen molar-refractivity contribution in [2.45, 2.75) is 46.1 Å². The van der Waals surface area contributed by atoms with Gasteiger partial charge in [-0.05, 0) is 60.7 Å². The van der Waals surface area contributed by atoms with Crippen LogP contribution in [0, 0.1) is 12.3 Å². The van der Waals surface area contributed by atoms with Crippen LogP contribution in [0.25, 0.3) is 6.08 Å². The summed E-state index contributed by atoms with van der Waals surface area (Å²) in [6, 6.07) is 6.98. The number of amides is 3. The van der Waals surface area contributed by atoms with Gasteiger partial charge in [-0.15, -0.1) is 0 Å². The van der Waals surface area contributed by atoms with Crippen molar-refractivity contribution in [2.75, 3.05) is 13.2 Å². The van der Waals surface area contributed by atoms with Crippen LogP contribution in [-0.2, 0) is 4.79 Å². The molecular formula is C25H28N4O6S. The second-order valence-electron chi connectivity index (χ2n) is 9.74. The van der Waals surface area contributed by atoms with Crippen LogP contribution in [0.3, 0.4) is 0 Å². The number of hydrogen-bond acceptors (Lipinski definition) is 8. The van der Waals surface area contributed by atoms with Crippen molar-refractivity contribution in [1.82, 2.24) is 20.2 Å². The minimum Gasteiger partial charge on any atom is -0.475 e. The zero-order valence-corrected chi connectivity index (χ0v) is 21.3. The molecule has 190 valence electrons. The molecule has 1 aromatic carbocycles. The zero-order valence-electron chi connectivity index (χ0n) is 20.5. The number of nitrogens with zero attached hydrogens (tertiary/aromatic N) is 3. The molecule has 2 aliphatic heterocycles. The summed E-state index contributed by atoms with van der Waals surface area (Å²) in [4.78, 5) is 45.3. The predicted molar refractivity (Wildman–Crippen MR) is 134 cm³/mol. The molecule has 0 aliphatic carbocycles. The lowest BCUT2D eigenvalue weighted by Crippen LogP contribution is -2.59. The van der Waals surface area contributed by atoms with Gasteiger partial charge in [0.15, 0.2) is 0 Å². The van der Waals surface area contributed by atoms with Crippen LogP contribution in [0.4, 0.5) is 9.59 Å². The summed E-state index contributed by atoms with van der Waals surface area (Å²) in [7, 11) is 0. The van der Waals surface area contributed by atoms with Crippen molar-refractivity contribution < 1.29 is 29.0 Å². The number of carbonyl (C=O) groups is 3. The molecule has 0 spiro atoms. The lowest BCUT2D eigenvalue weighted by atomic mass is 9.72. The summed E-state index contributed by atoms with van der Waals surface area (Å²) in [5, 5.41) is 11.6. The lowest BCUT2D eigenvalue weighted by molar-refractivity contribution is -0.115. The number of nitrogens with one attached hydrogen (secondary N) is 1. The number of ether oxygens (including phenoxy) is 2. The minimum atomic E-state index is -0.952. The monoisotopic (exact) mass is 512 g/mol. The summed E-state index contributed by atoms with van der Waals surface area (Å²) in [6.45, 7) is 8.48. The maximum absolute atomic E-state index is 11.9. The smallest absolute Gasteiger partial charge is 0.407 e. The molecule has 2 saturated heterocycles. The van der Waals surface area contributed by atoms with Crippen LogP contribution in [0.2, 0.25) is 0 Å². The third-order valence-corrected chi connectivity index (χ3v) is 7.40. The Kier molecular flexibility index (Phi) is 6.94. The van der Waals surface area contributed by atoms with Crippen LogP contribution in [0.15, 0.2) is 35.5 Å². The van der Waals surface area contributed by atoms with Gasteiger partial charge in [0.2, 0.25) is 11.8 Å². The van der Waals surface area contributed by atoms with E-state index < -0.39 is 17.5 Å². The molecule has 2 N–H and O–H groups in total. The molecule has 0 bridgehead atoms. The van der Waals surface area contributed by atoms with E-state index in [4.69, 9.17) is 9.47 Å². The molecule has 10 nitrogen and oxygen atoms in total. The number of imide groups is 1. The number of aromatic nitrogens is 2. The van der Waals surface area contributed by atoms with Crippen molar-refractivity contribution in [3.63, 3.8) is 0 Å². The Morgan fingerprint density at radius 2 is 1.92 bits per heavy atom. The first kappa shape index (κ1) is 25.5. The van der Waals surface area contributed by atoms with Crippen LogP contribution in [0.5, 0.6) is 17.5 Å². The summed E-state index contributed by atoms with van der Waals surface area (Å²) in [6.07, 6.45) is 3.50. The highest BCUT2D eigenvalue weighted by Crippen LogP contribution is 2.44. The summed E-state index contributed by atoms with van der Waals surface area (Å²) in [5.41, 5.74) is 0.306. The zero-order chi connectivity index (χ0) is 26.1. The number of hydrogen-bond donors (Lipinski definition) is 2. The topological polar surface area (TPSA) is 131 Å². The van der Waals surface area contributed by atoms with Crippen LogP contribution in [0.1, 0.15) is 44.7 Å². The van der Waals surface area contributed by atoms with Crippen molar-refractivity contribution in [1.29, 1.82) is 0 Å². The molecule has 3 amide bonds. The molecule has 36 heavy (non-hydrogen) atoms. The third-order valence-electron chi connectivity index (χ3n) is 6.59. The molecule has 0 saturated carbocycles. The predicted octanol–water partition coefficient (Wildman–Crippen LogP) is 4.84. The van der Waals surface area contributed by atoms with Gasteiger partial charge in [-0.1, -0.05) is 32.9 Å². The molecule has 1 unspecified atom stereocenters. The Morgan fingerprint density at radius 3 is 2.53 bits per heavy atom. The average Bonchev–Trinajstić information content (AvgIpc) is 3.39. The first-order chi connectivity index (χ1) is 17.0. The van der Waals surface area contributed by atoms with E-state index in [0.29, 0.717) is 40.9 Å². The van der Waals surface area contributed by atoms with Crippen molar-refractivity contribution in [3.05, 3.63) is 46.6 Å². The van der Waals surface area contributed by atoms with Crippen LogP contribution >= 0.6 is 11.8 Å². The fraction of sp³-hybridized carbons (Fsp3) is 0.400. The fourth-order valence-electron chi connectivity index (χ4n) is 4.47. The van der Waals surface area contributed by atoms with Gasteiger partial charge in [0, 0.05) is 6.54 Å². The first-order valence-corrected chi connectivity index (χ1v) is 12.3. The summed E-state index contributed by atoms with van der Waals surface area (Å²) in [5.74, 6) is 0.750. The molecule has 2 aromatic rings. The van der Waals surface area contributed by atoms with Crippen molar-refractivity contribution in [2.24, 2.45) is 5.41 Å². The van der Waals surface area contributed by atoms with Crippen molar-refractivity contribution >= 4 is 35.1 Å². The molecule has 3 heterocycles. The molecule has 2 fully saturated rings. The highest BCUT2D eigenvalue weighted by Gasteiger charge is 2.52. The van der Waals surface area contributed by atoms with Gasteiger partial charge in [-0.3, -0.25) is 19.8 Å². The number of rotatable bonds is 6. The van der Waals surface area contributed by atoms with E-state index in [9.17, 15) is 19.5 Å². The Morgan fingerprint density at radius 1 is 1.22 bits per heavy atom. The van der Waals surface area contributed by atoms with Gasteiger partial charge in [0.1, 0.15) is 18.7 Å². The number of carbonyl (C=O) groups excluding carboxylic acids is 2. The summed E-state index contributed by atoms with van der Waals surface area (Å²) < 4.78 is 12.1. The first-order valence-electron chi connectivity index (χ1n) is 11.5. The molecule has 4 rings (SSSR count). The van der Waals surface area contributed by atoms with Gasteiger partial charge in [-0.25, -0.2) is 14.8 Å². The second kappa shape index (κ2) is 9.81. The minimum absolute atomic E-state index is 0.164. The second-order valence-corrected chi connectivity index (χ2v) is 10.8. The Hall–Kier alpha value is -3.60. The van der Waals surface area contributed by atoms with E-state index in [2.05, 4.69) is 15.3 Å². The number of benzene rings is 1. The van der Waals surface area contributed by atoms with E-state index in [1.165, 1.54) is 11.2 Å². The van der Waals surface area contributed by atoms with Gasteiger partial charge in [-0.2, -0.15) is 0 Å². The van der Waals surface area contributed by atoms with E-state index >= 15 is 0 Å². The number of carboxylic acid groups (broad SMARTS) is 1. The van der Waals surface area contributed by atoms with Gasteiger partial charge < -0.3 is 14.6 Å². The van der Waals surface area contributed by atoms with Crippen LogP contribution in [-0.4, -0.2) is 55.9 Å². The standard InChI is InChI=1S/C25H28N4O6S/c1-15-20(34-13-25(24(2,3)4)10-5-11-29(25)23(32)33)26-14-27-21(15)35-17-8-6-16(7-9-17)12-18-19(30)28-22(31)36-18/h6-9,12,14H,5,10-11,13H2,1-4H3,(H,32,33)(H,28,30,31). The maximum atomic E-state index is 11.9. The SMILES string of the molecule is Cc1c(OCC2(C(C)(C)C)CCCN2C(=O)O)ncnc1Oc1ccc(C=C2SC(=O)NC2=O)cc1. The molecular weight excluding hydrogens is 484 g/mol. The number of likely N-dealkylation sites (tertiary alicyclic amines) is 1. The van der Waals surface area contributed by atoms with Crippen molar-refractivity contribution in [3.8, 4) is 17.5 Å². The van der Waals surface area contributed by atoms with Crippen LogP contribution < -0.4 is 14.8 Å². The Bertz CT molecular complexity index is 1220. The highest BCUT2D eigenvalue weighted by molar-refractivity contribution is 8.18. The van der Waals surface area contributed by atoms with E-state index in [-0.39, 0.29) is 17.3 Å². The largest absolute Gasteiger partial charge is 0.475 e. The quantitative estimate of drug-likeness (QED) is 0.522. The maximum Gasteiger partial charge on any atom is 0.407 e. The highest BCUT2D eigenvalue weighted by atomic mass is 32.2. The fourth-order valence-corrected chi connectivity index (χ4v) is 5.16. The van der Waals surface area contributed by atoms with E-state index in [0.717, 1.165) is 23.7 Å². The molecule has 1 aromatic heterocycles.